The van der Waals surface area contributed by atoms with Crippen LogP contribution in [0.25, 0.3) is 0 Å². The molecule has 1 unspecified atom stereocenters. The second-order valence-corrected chi connectivity index (χ2v) is 3.39. The van der Waals surface area contributed by atoms with Crippen LogP contribution >= 0.6 is 0 Å². The third kappa shape index (κ3) is 1.68. The first-order valence-electron chi connectivity index (χ1n) is 4.75. The van der Waals surface area contributed by atoms with Crippen LogP contribution in [0.15, 0.2) is 18.2 Å². The Hall–Kier alpha value is -1.02. The second kappa shape index (κ2) is 3.38. The molecule has 1 saturated heterocycles. The van der Waals surface area contributed by atoms with Crippen molar-refractivity contribution in [3.05, 3.63) is 29.3 Å². The first-order chi connectivity index (χ1) is 6.35. The van der Waals surface area contributed by atoms with E-state index in [1.165, 1.54) is 11.1 Å². The Kier molecular flexibility index (Phi) is 2.23. The van der Waals surface area contributed by atoms with E-state index in [0.717, 1.165) is 18.7 Å². The predicted octanol–water partition coefficient (Wildman–Crippen LogP) is 1.90. The summed E-state index contributed by atoms with van der Waals surface area (Å²) in [4.78, 5) is 0. The SMILES string of the molecule is CCc1cc(C2CN2)ccc1OC. The van der Waals surface area contributed by atoms with E-state index in [0.29, 0.717) is 6.04 Å². The van der Waals surface area contributed by atoms with Crippen molar-refractivity contribution >= 4 is 0 Å². The van der Waals surface area contributed by atoms with Gasteiger partial charge in [-0.25, -0.2) is 0 Å². The molecule has 0 amide bonds. The maximum Gasteiger partial charge on any atom is 0.122 e. The maximum absolute atomic E-state index is 5.27. The van der Waals surface area contributed by atoms with Gasteiger partial charge in [0.2, 0.25) is 0 Å². The first-order valence-corrected chi connectivity index (χ1v) is 4.75. The lowest BCUT2D eigenvalue weighted by molar-refractivity contribution is 0.410. The van der Waals surface area contributed by atoms with Gasteiger partial charge in [0.1, 0.15) is 5.75 Å². The molecule has 0 aliphatic carbocycles. The largest absolute Gasteiger partial charge is 0.496 e. The Morgan fingerprint density at radius 3 is 2.85 bits per heavy atom. The van der Waals surface area contributed by atoms with E-state index in [-0.39, 0.29) is 0 Å². The molecule has 1 N–H and O–H groups in total. The van der Waals surface area contributed by atoms with E-state index < -0.39 is 0 Å². The van der Waals surface area contributed by atoms with Gasteiger partial charge in [0.05, 0.1) is 7.11 Å². The molecule has 0 spiro atoms. The molecule has 1 fully saturated rings. The van der Waals surface area contributed by atoms with Gasteiger partial charge < -0.3 is 10.1 Å². The van der Waals surface area contributed by atoms with Crippen LogP contribution in [0.4, 0.5) is 0 Å². The Morgan fingerprint density at radius 2 is 2.31 bits per heavy atom. The molecular formula is C11H15NO. The monoisotopic (exact) mass is 177 g/mol. The molecule has 70 valence electrons. The molecule has 0 saturated carbocycles. The lowest BCUT2D eigenvalue weighted by Crippen LogP contribution is -1.93. The van der Waals surface area contributed by atoms with Crippen molar-refractivity contribution in [3.63, 3.8) is 0 Å². The maximum atomic E-state index is 5.27. The molecule has 1 atom stereocenters. The van der Waals surface area contributed by atoms with Crippen molar-refractivity contribution in [2.24, 2.45) is 0 Å². The fraction of sp³-hybridized carbons (Fsp3) is 0.455. The van der Waals surface area contributed by atoms with Crippen molar-refractivity contribution in [1.29, 1.82) is 0 Å². The van der Waals surface area contributed by atoms with Gasteiger partial charge in [-0.05, 0) is 23.6 Å². The van der Waals surface area contributed by atoms with Crippen molar-refractivity contribution in [1.82, 2.24) is 5.32 Å². The molecule has 2 heteroatoms. The molecule has 1 aliphatic rings. The van der Waals surface area contributed by atoms with Crippen molar-refractivity contribution in [2.45, 2.75) is 19.4 Å². The zero-order chi connectivity index (χ0) is 9.26. The summed E-state index contributed by atoms with van der Waals surface area (Å²) < 4.78 is 5.27. The summed E-state index contributed by atoms with van der Waals surface area (Å²) >= 11 is 0. The Bertz CT molecular complexity index is 305. The number of hydrogen-bond donors (Lipinski definition) is 1. The van der Waals surface area contributed by atoms with Gasteiger partial charge in [0, 0.05) is 12.6 Å². The van der Waals surface area contributed by atoms with Crippen LogP contribution in [0.1, 0.15) is 24.1 Å². The molecular weight excluding hydrogens is 162 g/mol. The fourth-order valence-corrected chi connectivity index (χ4v) is 1.59. The topological polar surface area (TPSA) is 31.2 Å². The highest BCUT2D eigenvalue weighted by Gasteiger charge is 2.22. The van der Waals surface area contributed by atoms with Crippen LogP contribution in [0.5, 0.6) is 5.75 Å². The van der Waals surface area contributed by atoms with Crippen LogP contribution in [0, 0.1) is 0 Å². The fourth-order valence-electron chi connectivity index (χ4n) is 1.59. The smallest absolute Gasteiger partial charge is 0.122 e. The number of rotatable bonds is 3. The molecule has 2 nitrogen and oxygen atoms in total. The van der Waals surface area contributed by atoms with Crippen molar-refractivity contribution in [3.8, 4) is 5.75 Å². The molecule has 1 aliphatic heterocycles. The summed E-state index contributed by atoms with van der Waals surface area (Å²) in [6, 6.07) is 7.04. The molecule has 0 bridgehead atoms. The zero-order valence-electron chi connectivity index (χ0n) is 8.13. The van der Waals surface area contributed by atoms with Crippen molar-refractivity contribution < 1.29 is 4.74 Å². The highest BCUT2D eigenvalue weighted by atomic mass is 16.5. The van der Waals surface area contributed by atoms with E-state index >= 15 is 0 Å². The molecule has 13 heavy (non-hydrogen) atoms. The summed E-state index contributed by atoms with van der Waals surface area (Å²) in [5.41, 5.74) is 2.69. The Labute approximate surface area is 78.9 Å². The average molecular weight is 177 g/mol. The van der Waals surface area contributed by atoms with Gasteiger partial charge in [-0.1, -0.05) is 19.1 Å². The van der Waals surface area contributed by atoms with E-state index in [9.17, 15) is 0 Å². The molecule has 1 heterocycles. The van der Waals surface area contributed by atoms with E-state index in [1.54, 1.807) is 7.11 Å². The summed E-state index contributed by atoms with van der Waals surface area (Å²) in [7, 11) is 1.73. The third-order valence-electron chi connectivity index (χ3n) is 2.50. The normalized spacial score (nSPS) is 20.0. The third-order valence-corrected chi connectivity index (χ3v) is 2.50. The number of aryl methyl sites for hydroxylation is 1. The van der Waals surface area contributed by atoms with Crippen LogP contribution in [0.2, 0.25) is 0 Å². The lowest BCUT2D eigenvalue weighted by Gasteiger charge is -2.07. The first kappa shape index (κ1) is 8.57. The van der Waals surface area contributed by atoms with E-state index in [1.807, 2.05) is 0 Å². The minimum absolute atomic E-state index is 0.594. The number of methoxy groups -OCH3 is 1. The van der Waals surface area contributed by atoms with Gasteiger partial charge in [-0.2, -0.15) is 0 Å². The summed E-state index contributed by atoms with van der Waals surface area (Å²) in [5.74, 6) is 1.01. The van der Waals surface area contributed by atoms with Gasteiger partial charge in [-0.3, -0.25) is 0 Å². The van der Waals surface area contributed by atoms with E-state index in [4.69, 9.17) is 4.74 Å². The summed E-state index contributed by atoms with van der Waals surface area (Å²) in [6.45, 7) is 3.28. The average Bonchev–Trinajstić information content (AvgIpc) is 3.00. The van der Waals surface area contributed by atoms with Crippen LogP contribution < -0.4 is 10.1 Å². The molecule has 1 aromatic rings. The summed E-state index contributed by atoms with van der Waals surface area (Å²) in [6.07, 6.45) is 1.03. The molecule has 1 aromatic carbocycles. The number of hydrogen-bond acceptors (Lipinski definition) is 2. The highest BCUT2D eigenvalue weighted by Crippen LogP contribution is 2.27. The summed E-state index contributed by atoms with van der Waals surface area (Å²) in [5, 5.41) is 3.30. The minimum Gasteiger partial charge on any atom is -0.496 e. The quantitative estimate of drug-likeness (QED) is 0.715. The highest BCUT2D eigenvalue weighted by molar-refractivity contribution is 5.39. The number of nitrogens with one attached hydrogen (secondary N) is 1. The van der Waals surface area contributed by atoms with Gasteiger partial charge in [0.25, 0.3) is 0 Å². The second-order valence-electron chi connectivity index (χ2n) is 3.39. The van der Waals surface area contributed by atoms with Crippen LogP contribution in [-0.4, -0.2) is 13.7 Å². The van der Waals surface area contributed by atoms with Gasteiger partial charge in [0.15, 0.2) is 0 Å². The number of benzene rings is 1. The Morgan fingerprint density at radius 1 is 1.54 bits per heavy atom. The standard InChI is InChI=1S/C11H15NO/c1-3-8-6-9(10-7-12-10)4-5-11(8)13-2/h4-6,10,12H,3,7H2,1-2H3. The number of ether oxygens (including phenoxy) is 1. The van der Waals surface area contributed by atoms with E-state index in [2.05, 4.69) is 30.4 Å². The van der Waals surface area contributed by atoms with Crippen molar-refractivity contribution in [2.75, 3.05) is 13.7 Å². The van der Waals surface area contributed by atoms with Crippen LogP contribution in [0.3, 0.4) is 0 Å². The van der Waals surface area contributed by atoms with Gasteiger partial charge >= 0.3 is 0 Å². The Balaban J connectivity index is 2.31. The molecule has 0 radical (unpaired) electrons. The molecule has 0 aromatic heterocycles. The zero-order valence-corrected chi connectivity index (χ0v) is 8.13. The van der Waals surface area contributed by atoms with Crippen LogP contribution in [-0.2, 0) is 6.42 Å². The minimum atomic E-state index is 0.594. The van der Waals surface area contributed by atoms with Gasteiger partial charge in [-0.15, -0.1) is 0 Å². The predicted molar refractivity (Wildman–Crippen MR) is 53.1 cm³/mol. The molecule has 2 rings (SSSR count). The lowest BCUT2D eigenvalue weighted by atomic mass is 10.1.